The zero-order chi connectivity index (χ0) is 18.9. The van der Waals surface area contributed by atoms with Gasteiger partial charge in [0, 0.05) is 11.8 Å². The topological polar surface area (TPSA) is 67.9 Å². The van der Waals surface area contributed by atoms with Gasteiger partial charge in [-0.25, -0.2) is 0 Å². The van der Waals surface area contributed by atoms with Gasteiger partial charge in [-0.2, -0.15) is 0 Å². The minimum absolute atomic E-state index is 0.0450. The van der Waals surface area contributed by atoms with Crippen molar-refractivity contribution in [2.45, 2.75) is 26.7 Å². The Balaban J connectivity index is 1.78. The normalized spacial score (nSPS) is 15.3. The third-order valence-electron chi connectivity index (χ3n) is 4.18. The lowest BCUT2D eigenvalue weighted by Crippen LogP contribution is -2.41. The minimum atomic E-state index is -0.122. The fraction of sp³-hybridized carbons (Fsp3) is 0.500. The summed E-state index contributed by atoms with van der Waals surface area (Å²) in [5.74, 6) is 0.456. The van der Waals surface area contributed by atoms with Crippen molar-refractivity contribution in [1.82, 2.24) is 4.90 Å². The van der Waals surface area contributed by atoms with E-state index in [0.29, 0.717) is 31.2 Å². The van der Waals surface area contributed by atoms with Crippen molar-refractivity contribution >= 4 is 17.6 Å². The molecule has 1 saturated heterocycles. The van der Waals surface area contributed by atoms with Crippen molar-refractivity contribution in [3.05, 3.63) is 36.4 Å². The van der Waals surface area contributed by atoms with Crippen LogP contribution in [0.2, 0.25) is 0 Å². The van der Waals surface area contributed by atoms with Gasteiger partial charge >= 0.3 is 5.97 Å². The number of piperidine rings is 1. The van der Waals surface area contributed by atoms with E-state index in [0.717, 1.165) is 31.5 Å². The third-order valence-corrected chi connectivity index (χ3v) is 4.18. The smallest absolute Gasteiger partial charge is 0.309 e. The number of esters is 1. The molecular formula is C20H28N2O4. The predicted molar refractivity (Wildman–Crippen MR) is 101 cm³/mol. The second kappa shape index (κ2) is 9.97. The van der Waals surface area contributed by atoms with Gasteiger partial charge in [0.15, 0.2) is 0 Å². The summed E-state index contributed by atoms with van der Waals surface area (Å²) >= 11 is 0. The van der Waals surface area contributed by atoms with Crippen molar-refractivity contribution < 1.29 is 19.1 Å². The highest BCUT2D eigenvalue weighted by Gasteiger charge is 2.26. The zero-order valence-electron chi connectivity index (χ0n) is 15.6. The molecule has 1 aromatic rings. The van der Waals surface area contributed by atoms with Crippen LogP contribution in [0.3, 0.4) is 0 Å². The molecule has 0 aliphatic carbocycles. The fourth-order valence-corrected chi connectivity index (χ4v) is 2.86. The Kier molecular flexibility index (Phi) is 7.66. The van der Waals surface area contributed by atoms with E-state index < -0.39 is 0 Å². The molecule has 0 spiro atoms. The SMILES string of the molecule is C=C(C)COc1cccc(NC(=O)CN2CCC(C(=O)OCC)CC2)c1. The van der Waals surface area contributed by atoms with Crippen LogP contribution in [0.1, 0.15) is 26.7 Å². The van der Waals surface area contributed by atoms with Gasteiger partial charge in [0.05, 0.1) is 19.1 Å². The van der Waals surface area contributed by atoms with Gasteiger partial charge in [-0.15, -0.1) is 0 Å². The second-order valence-electron chi connectivity index (χ2n) is 6.62. The number of anilines is 1. The van der Waals surface area contributed by atoms with E-state index in [1.54, 1.807) is 6.07 Å². The van der Waals surface area contributed by atoms with Crippen LogP contribution in [-0.4, -0.2) is 49.6 Å². The maximum atomic E-state index is 12.3. The molecule has 0 saturated carbocycles. The maximum absolute atomic E-state index is 12.3. The van der Waals surface area contributed by atoms with E-state index in [9.17, 15) is 9.59 Å². The molecule has 1 aromatic carbocycles. The number of carbonyl (C=O) groups is 2. The summed E-state index contributed by atoms with van der Waals surface area (Å²) in [7, 11) is 0. The minimum Gasteiger partial charge on any atom is -0.489 e. The first kappa shape index (κ1) is 20.0. The number of amides is 1. The van der Waals surface area contributed by atoms with E-state index in [-0.39, 0.29) is 17.8 Å². The van der Waals surface area contributed by atoms with Crippen LogP contribution >= 0.6 is 0 Å². The summed E-state index contributed by atoms with van der Waals surface area (Å²) in [5, 5.41) is 2.90. The summed E-state index contributed by atoms with van der Waals surface area (Å²) in [5.41, 5.74) is 1.64. The summed E-state index contributed by atoms with van der Waals surface area (Å²) < 4.78 is 10.7. The Morgan fingerprint density at radius 2 is 2.04 bits per heavy atom. The second-order valence-corrected chi connectivity index (χ2v) is 6.62. The first-order valence-corrected chi connectivity index (χ1v) is 9.04. The largest absolute Gasteiger partial charge is 0.489 e. The Hall–Kier alpha value is -2.34. The standard InChI is InChI=1S/C20H28N2O4/c1-4-25-20(24)16-8-10-22(11-9-16)13-19(23)21-17-6-5-7-18(12-17)26-14-15(2)3/h5-7,12,16H,2,4,8-11,13-14H2,1,3H3,(H,21,23). The number of nitrogens with one attached hydrogen (secondary N) is 1. The van der Waals surface area contributed by atoms with Crippen molar-refractivity contribution in [2.75, 3.05) is 38.2 Å². The molecule has 1 aliphatic rings. The van der Waals surface area contributed by atoms with E-state index in [4.69, 9.17) is 9.47 Å². The van der Waals surface area contributed by atoms with Gasteiger partial charge in [-0.1, -0.05) is 12.6 Å². The van der Waals surface area contributed by atoms with Gasteiger partial charge in [0.1, 0.15) is 12.4 Å². The lowest BCUT2D eigenvalue weighted by atomic mass is 9.97. The first-order valence-electron chi connectivity index (χ1n) is 9.04. The van der Waals surface area contributed by atoms with Crippen LogP contribution in [0, 0.1) is 5.92 Å². The van der Waals surface area contributed by atoms with Gasteiger partial charge in [0.2, 0.25) is 5.91 Å². The highest BCUT2D eigenvalue weighted by molar-refractivity contribution is 5.92. The van der Waals surface area contributed by atoms with E-state index in [2.05, 4.69) is 16.8 Å². The van der Waals surface area contributed by atoms with Crippen molar-refractivity contribution in [3.8, 4) is 5.75 Å². The molecule has 6 nitrogen and oxygen atoms in total. The van der Waals surface area contributed by atoms with Crippen LogP contribution in [-0.2, 0) is 14.3 Å². The molecule has 26 heavy (non-hydrogen) atoms. The van der Waals surface area contributed by atoms with Crippen molar-refractivity contribution in [1.29, 1.82) is 0 Å². The molecule has 1 N–H and O–H groups in total. The lowest BCUT2D eigenvalue weighted by Gasteiger charge is -2.30. The molecule has 0 unspecified atom stereocenters. The Bertz CT molecular complexity index is 636. The number of rotatable bonds is 8. The maximum Gasteiger partial charge on any atom is 0.309 e. The molecule has 0 bridgehead atoms. The number of ether oxygens (including phenoxy) is 2. The molecule has 1 amide bonds. The molecule has 1 fully saturated rings. The summed E-state index contributed by atoms with van der Waals surface area (Å²) in [6, 6.07) is 7.32. The van der Waals surface area contributed by atoms with Crippen LogP contribution in [0.15, 0.2) is 36.4 Å². The van der Waals surface area contributed by atoms with Crippen molar-refractivity contribution in [2.24, 2.45) is 5.92 Å². The van der Waals surface area contributed by atoms with Crippen LogP contribution < -0.4 is 10.1 Å². The van der Waals surface area contributed by atoms with E-state index >= 15 is 0 Å². The molecule has 0 aromatic heterocycles. The number of hydrogen-bond donors (Lipinski definition) is 1. The summed E-state index contributed by atoms with van der Waals surface area (Å²) in [4.78, 5) is 26.1. The molecule has 6 heteroatoms. The number of nitrogens with zero attached hydrogens (tertiary/aromatic N) is 1. The van der Waals surface area contributed by atoms with Crippen molar-refractivity contribution in [3.63, 3.8) is 0 Å². The van der Waals surface area contributed by atoms with Gasteiger partial charge < -0.3 is 14.8 Å². The lowest BCUT2D eigenvalue weighted by molar-refractivity contribution is -0.149. The average Bonchev–Trinajstić information content (AvgIpc) is 2.61. The molecule has 2 rings (SSSR count). The summed E-state index contributed by atoms with van der Waals surface area (Å²) in [6.07, 6.45) is 1.46. The molecule has 0 atom stereocenters. The number of likely N-dealkylation sites (tertiary alicyclic amines) is 1. The number of carbonyl (C=O) groups excluding carboxylic acids is 2. The molecular weight excluding hydrogens is 332 g/mol. The summed E-state index contributed by atoms with van der Waals surface area (Å²) in [6.45, 7) is 10.1. The predicted octanol–water partition coefficient (Wildman–Crippen LogP) is 2.86. The number of benzene rings is 1. The Morgan fingerprint density at radius 1 is 1.31 bits per heavy atom. The van der Waals surface area contributed by atoms with E-state index in [1.807, 2.05) is 32.0 Å². The van der Waals surface area contributed by atoms with Crippen LogP contribution in [0.4, 0.5) is 5.69 Å². The first-order chi connectivity index (χ1) is 12.5. The van der Waals surface area contributed by atoms with Gasteiger partial charge in [-0.3, -0.25) is 14.5 Å². The highest BCUT2D eigenvalue weighted by atomic mass is 16.5. The highest BCUT2D eigenvalue weighted by Crippen LogP contribution is 2.20. The average molecular weight is 360 g/mol. The van der Waals surface area contributed by atoms with Gasteiger partial charge in [-0.05, 0) is 57.5 Å². The molecule has 1 aliphatic heterocycles. The molecule has 142 valence electrons. The zero-order valence-corrected chi connectivity index (χ0v) is 15.6. The third kappa shape index (κ3) is 6.52. The van der Waals surface area contributed by atoms with Crippen LogP contribution in [0.25, 0.3) is 0 Å². The quantitative estimate of drug-likeness (QED) is 0.570. The van der Waals surface area contributed by atoms with Gasteiger partial charge in [0.25, 0.3) is 0 Å². The monoisotopic (exact) mass is 360 g/mol. The van der Waals surface area contributed by atoms with Crippen LogP contribution in [0.5, 0.6) is 5.75 Å². The molecule has 1 heterocycles. The fourth-order valence-electron chi connectivity index (χ4n) is 2.86. The van der Waals surface area contributed by atoms with E-state index in [1.165, 1.54) is 0 Å². The number of hydrogen-bond acceptors (Lipinski definition) is 5. The Morgan fingerprint density at radius 3 is 2.69 bits per heavy atom. The molecule has 0 radical (unpaired) electrons. The Labute approximate surface area is 155 Å².